The second-order valence-electron chi connectivity index (χ2n) is 4.80. The van der Waals surface area contributed by atoms with Crippen molar-refractivity contribution >= 4 is 5.97 Å². The van der Waals surface area contributed by atoms with E-state index < -0.39 is 0 Å². The summed E-state index contributed by atoms with van der Waals surface area (Å²) in [5, 5.41) is 3.43. The molecule has 0 unspecified atom stereocenters. The van der Waals surface area contributed by atoms with E-state index in [0.29, 0.717) is 13.0 Å². The Labute approximate surface area is 116 Å². The molecule has 1 rings (SSSR count). The number of aryl methyl sites for hydroxylation is 1. The van der Waals surface area contributed by atoms with Gasteiger partial charge >= 0.3 is 5.97 Å². The standard InChI is InChI=1S/C16H25NO2/c1-3-16(18)19-11-6-4-5-10-17-13-15-9-7-8-14(2)12-15/h7-9,12,17H,3-6,10-11,13H2,1-2H3. The summed E-state index contributed by atoms with van der Waals surface area (Å²) in [7, 11) is 0. The van der Waals surface area contributed by atoms with Gasteiger partial charge in [0.25, 0.3) is 0 Å². The number of ether oxygens (including phenoxy) is 1. The highest BCUT2D eigenvalue weighted by atomic mass is 16.5. The Hall–Kier alpha value is -1.35. The monoisotopic (exact) mass is 263 g/mol. The third kappa shape index (κ3) is 7.62. The molecule has 1 aromatic carbocycles. The Kier molecular flexibility index (Phi) is 7.91. The largest absolute Gasteiger partial charge is 0.466 e. The molecule has 0 amide bonds. The first-order chi connectivity index (χ1) is 9.22. The zero-order chi connectivity index (χ0) is 13.9. The van der Waals surface area contributed by atoms with Gasteiger partial charge in [-0.05, 0) is 38.3 Å². The van der Waals surface area contributed by atoms with Gasteiger partial charge in [-0.1, -0.05) is 36.8 Å². The van der Waals surface area contributed by atoms with Gasteiger partial charge in [-0.15, -0.1) is 0 Å². The van der Waals surface area contributed by atoms with Crippen LogP contribution in [0.5, 0.6) is 0 Å². The molecule has 0 saturated heterocycles. The number of unbranched alkanes of at least 4 members (excludes halogenated alkanes) is 2. The van der Waals surface area contributed by atoms with E-state index in [1.54, 1.807) is 0 Å². The quantitative estimate of drug-likeness (QED) is 0.549. The van der Waals surface area contributed by atoms with Gasteiger partial charge in [0.1, 0.15) is 0 Å². The van der Waals surface area contributed by atoms with E-state index >= 15 is 0 Å². The lowest BCUT2D eigenvalue weighted by Gasteiger charge is -2.06. The molecule has 0 saturated carbocycles. The van der Waals surface area contributed by atoms with E-state index in [2.05, 4.69) is 36.5 Å². The molecule has 1 N–H and O–H groups in total. The van der Waals surface area contributed by atoms with Crippen molar-refractivity contribution in [1.29, 1.82) is 0 Å². The van der Waals surface area contributed by atoms with Crippen molar-refractivity contribution in [3.8, 4) is 0 Å². The van der Waals surface area contributed by atoms with Crippen LogP contribution >= 0.6 is 0 Å². The zero-order valence-electron chi connectivity index (χ0n) is 12.1. The van der Waals surface area contributed by atoms with Crippen LogP contribution in [0.3, 0.4) is 0 Å². The van der Waals surface area contributed by atoms with Gasteiger partial charge in [-0.25, -0.2) is 0 Å². The predicted molar refractivity (Wildman–Crippen MR) is 78.0 cm³/mol. The van der Waals surface area contributed by atoms with Gasteiger partial charge in [0.2, 0.25) is 0 Å². The van der Waals surface area contributed by atoms with E-state index in [9.17, 15) is 4.79 Å². The summed E-state index contributed by atoms with van der Waals surface area (Å²) in [4.78, 5) is 10.9. The minimum atomic E-state index is -0.0995. The molecule has 106 valence electrons. The lowest BCUT2D eigenvalue weighted by Crippen LogP contribution is -2.15. The van der Waals surface area contributed by atoms with Crippen molar-refractivity contribution in [2.45, 2.75) is 46.1 Å². The van der Waals surface area contributed by atoms with Gasteiger partial charge in [0.15, 0.2) is 0 Å². The first kappa shape index (κ1) is 15.7. The number of carbonyl (C=O) groups excluding carboxylic acids is 1. The first-order valence-corrected chi connectivity index (χ1v) is 7.14. The molecule has 3 heteroatoms. The van der Waals surface area contributed by atoms with Crippen molar-refractivity contribution in [1.82, 2.24) is 5.32 Å². The summed E-state index contributed by atoms with van der Waals surface area (Å²) in [6.45, 7) is 6.42. The molecule has 0 aliphatic carbocycles. The highest BCUT2D eigenvalue weighted by molar-refractivity contribution is 5.68. The molecule has 0 spiro atoms. The van der Waals surface area contributed by atoms with Gasteiger partial charge < -0.3 is 10.1 Å². The third-order valence-corrected chi connectivity index (χ3v) is 2.96. The maximum absolute atomic E-state index is 10.9. The van der Waals surface area contributed by atoms with Crippen molar-refractivity contribution in [3.05, 3.63) is 35.4 Å². The molecule has 0 heterocycles. The number of nitrogens with one attached hydrogen (secondary N) is 1. The fourth-order valence-corrected chi connectivity index (χ4v) is 1.87. The van der Waals surface area contributed by atoms with Gasteiger partial charge in [-0.3, -0.25) is 4.79 Å². The molecule has 19 heavy (non-hydrogen) atoms. The Morgan fingerprint density at radius 3 is 2.84 bits per heavy atom. The predicted octanol–water partition coefficient (Wildman–Crippen LogP) is 3.21. The minimum Gasteiger partial charge on any atom is -0.466 e. The van der Waals surface area contributed by atoms with E-state index in [-0.39, 0.29) is 5.97 Å². The summed E-state index contributed by atoms with van der Waals surface area (Å²) < 4.78 is 5.02. The SMILES string of the molecule is CCC(=O)OCCCCCNCc1cccc(C)c1. The molecular formula is C16H25NO2. The van der Waals surface area contributed by atoms with Crippen LogP contribution < -0.4 is 5.32 Å². The first-order valence-electron chi connectivity index (χ1n) is 7.14. The fraction of sp³-hybridized carbons (Fsp3) is 0.562. The van der Waals surface area contributed by atoms with Crippen LogP contribution in [-0.2, 0) is 16.1 Å². The maximum atomic E-state index is 10.9. The van der Waals surface area contributed by atoms with Gasteiger partial charge in [0.05, 0.1) is 6.61 Å². The Balaban J connectivity index is 1.95. The fourth-order valence-electron chi connectivity index (χ4n) is 1.87. The average Bonchev–Trinajstić information content (AvgIpc) is 2.41. The van der Waals surface area contributed by atoms with Crippen LogP contribution in [0.2, 0.25) is 0 Å². The van der Waals surface area contributed by atoms with Crippen molar-refractivity contribution in [3.63, 3.8) is 0 Å². The van der Waals surface area contributed by atoms with E-state index in [0.717, 1.165) is 32.4 Å². The Morgan fingerprint density at radius 1 is 1.26 bits per heavy atom. The molecule has 0 aliphatic rings. The molecule has 0 aliphatic heterocycles. The number of rotatable bonds is 9. The zero-order valence-corrected chi connectivity index (χ0v) is 12.1. The summed E-state index contributed by atoms with van der Waals surface area (Å²) in [6.07, 6.45) is 3.64. The van der Waals surface area contributed by atoms with Gasteiger partial charge in [0, 0.05) is 13.0 Å². The molecule has 0 atom stereocenters. The lowest BCUT2D eigenvalue weighted by molar-refractivity contribution is -0.143. The van der Waals surface area contributed by atoms with E-state index in [4.69, 9.17) is 4.74 Å². The average molecular weight is 263 g/mol. The number of carbonyl (C=O) groups is 1. The second kappa shape index (κ2) is 9.56. The smallest absolute Gasteiger partial charge is 0.305 e. The summed E-state index contributed by atoms with van der Waals surface area (Å²) >= 11 is 0. The maximum Gasteiger partial charge on any atom is 0.305 e. The molecule has 1 aromatic rings. The normalized spacial score (nSPS) is 10.4. The number of hydrogen-bond donors (Lipinski definition) is 1. The summed E-state index contributed by atoms with van der Waals surface area (Å²) in [5.74, 6) is -0.0995. The van der Waals surface area contributed by atoms with E-state index in [1.807, 2.05) is 6.92 Å². The highest BCUT2D eigenvalue weighted by Gasteiger charge is 1.97. The minimum absolute atomic E-state index is 0.0995. The van der Waals surface area contributed by atoms with Crippen molar-refractivity contribution < 1.29 is 9.53 Å². The molecular weight excluding hydrogens is 238 g/mol. The Morgan fingerprint density at radius 2 is 2.11 bits per heavy atom. The Bertz CT molecular complexity index is 377. The van der Waals surface area contributed by atoms with Gasteiger partial charge in [-0.2, -0.15) is 0 Å². The number of hydrogen-bond acceptors (Lipinski definition) is 3. The molecule has 3 nitrogen and oxygen atoms in total. The van der Waals surface area contributed by atoms with E-state index in [1.165, 1.54) is 11.1 Å². The van der Waals surface area contributed by atoms with Crippen molar-refractivity contribution in [2.75, 3.05) is 13.2 Å². The molecule has 0 aromatic heterocycles. The summed E-state index contributed by atoms with van der Waals surface area (Å²) in [6, 6.07) is 8.55. The highest BCUT2D eigenvalue weighted by Crippen LogP contribution is 2.03. The van der Waals surface area contributed by atoms with Crippen LogP contribution in [0.25, 0.3) is 0 Å². The van der Waals surface area contributed by atoms with Crippen molar-refractivity contribution in [2.24, 2.45) is 0 Å². The third-order valence-electron chi connectivity index (χ3n) is 2.96. The van der Waals surface area contributed by atoms with Crippen LogP contribution in [0, 0.1) is 6.92 Å². The molecule has 0 bridgehead atoms. The topological polar surface area (TPSA) is 38.3 Å². The lowest BCUT2D eigenvalue weighted by atomic mass is 10.1. The summed E-state index contributed by atoms with van der Waals surface area (Å²) in [5.41, 5.74) is 2.63. The second-order valence-corrected chi connectivity index (χ2v) is 4.80. The molecule has 0 radical (unpaired) electrons. The van der Waals surface area contributed by atoms with Crippen LogP contribution in [-0.4, -0.2) is 19.1 Å². The number of benzene rings is 1. The molecule has 0 fully saturated rings. The van der Waals surface area contributed by atoms with Crippen LogP contribution in [0.1, 0.15) is 43.7 Å². The number of esters is 1. The van der Waals surface area contributed by atoms with Crippen LogP contribution in [0.15, 0.2) is 24.3 Å². The van der Waals surface area contributed by atoms with Crippen LogP contribution in [0.4, 0.5) is 0 Å².